The third kappa shape index (κ3) is 1.41. The van der Waals surface area contributed by atoms with Gasteiger partial charge in [-0.3, -0.25) is 0 Å². The van der Waals surface area contributed by atoms with Gasteiger partial charge < -0.3 is 0 Å². The van der Waals surface area contributed by atoms with Crippen molar-refractivity contribution in [3.8, 4) is 0 Å². The van der Waals surface area contributed by atoms with E-state index in [1.807, 2.05) is 0 Å². The monoisotopic (exact) mass is 166 g/mol. The Morgan fingerprint density at radius 2 is 2.00 bits per heavy atom. The van der Waals surface area contributed by atoms with E-state index < -0.39 is 0 Å². The molecule has 0 aromatic rings. The van der Waals surface area contributed by atoms with Crippen molar-refractivity contribution in [1.82, 2.24) is 0 Å². The zero-order valence-corrected chi connectivity index (χ0v) is 8.55. The van der Waals surface area contributed by atoms with E-state index >= 15 is 0 Å². The largest absolute Gasteiger partial charge is 0.0654 e. The van der Waals surface area contributed by atoms with Gasteiger partial charge in [-0.2, -0.15) is 0 Å². The summed E-state index contributed by atoms with van der Waals surface area (Å²) in [6.45, 7) is 4.78. The molecule has 0 bridgehead atoms. The molecule has 0 saturated heterocycles. The normalized spacial score (nSPS) is 46.5. The van der Waals surface area contributed by atoms with Gasteiger partial charge in [0, 0.05) is 0 Å². The van der Waals surface area contributed by atoms with Gasteiger partial charge >= 0.3 is 0 Å². The summed E-state index contributed by atoms with van der Waals surface area (Å²) in [7, 11) is 0. The topological polar surface area (TPSA) is 0 Å². The first-order valence-corrected chi connectivity index (χ1v) is 5.81. The first-order chi connectivity index (χ1) is 5.81. The van der Waals surface area contributed by atoms with Gasteiger partial charge in [0.05, 0.1) is 0 Å². The molecule has 70 valence electrons. The van der Waals surface area contributed by atoms with Gasteiger partial charge in [-0.05, 0) is 42.9 Å². The van der Waals surface area contributed by atoms with E-state index in [1.165, 1.54) is 12.8 Å². The van der Waals surface area contributed by atoms with E-state index in [-0.39, 0.29) is 0 Å². The third-order valence-corrected chi connectivity index (χ3v) is 4.26. The van der Waals surface area contributed by atoms with Crippen molar-refractivity contribution in [1.29, 1.82) is 0 Å². The Bertz CT molecular complexity index is 150. The van der Waals surface area contributed by atoms with Crippen LogP contribution in [-0.2, 0) is 0 Å². The van der Waals surface area contributed by atoms with E-state index in [9.17, 15) is 0 Å². The highest BCUT2D eigenvalue weighted by atomic mass is 14.5. The number of rotatable bonds is 2. The molecule has 0 aromatic heterocycles. The SMILES string of the molecule is CCCC1CCC2C[C@H](C)C2C1. The van der Waals surface area contributed by atoms with Crippen LogP contribution in [0.1, 0.15) is 52.4 Å². The first-order valence-electron chi connectivity index (χ1n) is 5.81. The summed E-state index contributed by atoms with van der Waals surface area (Å²) in [6, 6.07) is 0. The van der Waals surface area contributed by atoms with Crippen molar-refractivity contribution in [3.05, 3.63) is 0 Å². The predicted molar refractivity (Wildman–Crippen MR) is 53.0 cm³/mol. The second-order valence-corrected chi connectivity index (χ2v) is 5.10. The van der Waals surface area contributed by atoms with Crippen LogP contribution in [0.5, 0.6) is 0 Å². The minimum Gasteiger partial charge on any atom is -0.0654 e. The van der Waals surface area contributed by atoms with Crippen LogP contribution in [-0.4, -0.2) is 0 Å². The Morgan fingerprint density at radius 1 is 1.17 bits per heavy atom. The van der Waals surface area contributed by atoms with Gasteiger partial charge in [-0.1, -0.05) is 33.1 Å². The second kappa shape index (κ2) is 3.40. The van der Waals surface area contributed by atoms with Gasteiger partial charge in [-0.25, -0.2) is 0 Å². The highest BCUT2D eigenvalue weighted by Crippen LogP contribution is 2.51. The fourth-order valence-corrected chi connectivity index (χ4v) is 3.48. The Balaban J connectivity index is 1.83. The molecule has 2 fully saturated rings. The summed E-state index contributed by atoms with van der Waals surface area (Å²) < 4.78 is 0. The summed E-state index contributed by atoms with van der Waals surface area (Å²) in [5.74, 6) is 4.44. The lowest BCUT2D eigenvalue weighted by atomic mass is 9.57. The molecule has 0 aromatic carbocycles. The Morgan fingerprint density at radius 3 is 2.67 bits per heavy atom. The molecule has 3 unspecified atom stereocenters. The second-order valence-electron chi connectivity index (χ2n) is 5.10. The highest BCUT2D eigenvalue weighted by molar-refractivity contribution is 4.91. The van der Waals surface area contributed by atoms with Crippen LogP contribution in [0.3, 0.4) is 0 Å². The van der Waals surface area contributed by atoms with Crippen LogP contribution >= 0.6 is 0 Å². The Labute approximate surface area is 76.7 Å². The lowest BCUT2D eigenvalue weighted by Crippen LogP contribution is -2.39. The summed E-state index contributed by atoms with van der Waals surface area (Å²) in [5.41, 5.74) is 0. The maximum Gasteiger partial charge on any atom is -0.0357 e. The van der Waals surface area contributed by atoms with Crippen molar-refractivity contribution in [2.45, 2.75) is 52.4 Å². The van der Waals surface area contributed by atoms with Crippen LogP contribution in [0.15, 0.2) is 0 Å². The van der Waals surface area contributed by atoms with E-state index in [4.69, 9.17) is 0 Å². The molecule has 0 radical (unpaired) electrons. The molecule has 0 aliphatic heterocycles. The molecule has 2 aliphatic rings. The minimum atomic E-state index is 1.06. The molecule has 0 nitrogen and oxygen atoms in total. The lowest BCUT2D eigenvalue weighted by molar-refractivity contribution is 0.0144. The van der Waals surface area contributed by atoms with Crippen LogP contribution in [0.4, 0.5) is 0 Å². The average molecular weight is 166 g/mol. The molecular weight excluding hydrogens is 144 g/mol. The molecule has 0 heteroatoms. The average Bonchev–Trinajstić information content (AvgIpc) is 2.07. The maximum atomic E-state index is 2.45. The molecule has 12 heavy (non-hydrogen) atoms. The van der Waals surface area contributed by atoms with E-state index in [2.05, 4.69) is 13.8 Å². The van der Waals surface area contributed by atoms with Gasteiger partial charge in [0.1, 0.15) is 0 Å². The maximum absolute atomic E-state index is 2.45. The molecule has 0 amide bonds. The summed E-state index contributed by atoms with van der Waals surface area (Å²) in [5, 5.41) is 0. The van der Waals surface area contributed by atoms with Gasteiger partial charge in [0.25, 0.3) is 0 Å². The Kier molecular flexibility index (Phi) is 2.43. The highest BCUT2D eigenvalue weighted by Gasteiger charge is 2.41. The van der Waals surface area contributed by atoms with E-state index in [0.29, 0.717) is 0 Å². The van der Waals surface area contributed by atoms with E-state index in [1.54, 1.807) is 25.7 Å². The summed E-state index contributed by atoms with van der Waals surface area (Å²) >= 11 is 0. The summed E-state index contributed by atoms with van der Waals surface area (Å²) in [6.07, 6.45) is 9.11. The molecular formula is C12H22. The van der Waals surface area contributed by atoms with Crippen LogP contribution in [0.2, 0.25) is 0 Å². The van der Waals surface area contributed by atoms with Crippen molar-refractivity contribution >= 4 is 0 Å². The predicted octanol–water partition coefficient (Wildman–Crippen LogP) is 3.86. The van der Waals surface area contributed by atoms with Crippen molar-refractivity contribution in [2.24, 2.45) is 23.7 Å². The van der Waals surface area contributed by atoms with Crippen LogP contribution < -0.4 is 0 Å². The lowest BCUT2D eigenvalue weighted by Gasteiger charge is -2.49. The van der Waals surface area contributed by atoms with Gasteiger partial charge in [0.15, 0.2) is 0 Å². The fraction of sp³-hybridized carbons (Fsp3) is 1.00. The molecule has 0 spiro atoms. The van der Waals surface area contributed by atoms with Crippen LogP contribution in [0.25, 0.3) is 0 Å². The smallest absolute Gasteiger partial charge is 0.0357 e. The van der Waals surface area contributed by atoms with Crippen molar-refractivity contribution in [3.63, 3.8) is 0 Å². The first kappa shape index (κ1) is 8.59. The van der Waals surface area contributed by atoms with Gasteiger partial charge in [-0.15, -0.1) is 0 Å². The number of fused-ring (bicyclic) bond motifs is 1. The fourth-order valence-electron chi connectivity index (χ4n) is 3.48. The molecule has 2 saturated carbocycles. The molecule has 2 rings (SSSR count). The Hall–Kier alpha value is 0. The van der Waals surface area contributed by atoms with Crippen molar-refractivity contribution < 1.29 is 0 Å². The molecule has 4 atom stereocenters. The zero-order valence-electron chi connectivity index (χ0n) is 8.55. The molecule has 0 heterocycles. The number of hydrogen-bond acceptors (Lipinski definition) is 0. The zero-order chi connectivity index (χ0) is 8.55. The van der Waals surface area contributed by atoms with Crippen molar-refractivity contribution in [2.75, 3.05) is 0 Å². The van der Waals surface area contributed by atoms with Crippen LogP contribution in [0, 0.1) is 23.7 Å². The van der Waals surface area contributed by atoms with Gasteiger partial charge in [0.2, 0.25) is 0 Å². The molecule has 0 N–H and O–H groups in total. The standard InChI is InChI=1S/C12H22/c1-3-4-10-5-6-11-7-9(2)12(11)8-10/h9-12H,3-8H2,1-2H3/t9-,10?,11?,12?/m0/s1. The number of hydrogen-bond donors (Lipinski definition) is 0. The third-order valence-electron chi connectivity index (χ3n) is 4.26. The van der Waals surface area contributed by atoms with E-state index in [0.717, 1.165) is 23.7 Å². The summed E-state index contributed by atoms with van der Waals surface area (Å²) in [4.78, 5) is 0. The molecule has 2 aliphatic carbocycles. The minimum absolute atomic E-state index is 1.06. The quantitative estimate of drug-likeness (QED) is 0.584.